The van der Waals surface area contributed by atoms with Gasteiger partial charge in [-0.25, -0.2) is 4.99 Å². The first kappa shape index (κ1) is 18.4. The van der Waals surface area contributed by atoms with Crippen molar-refractivity contribution in [2.24, 2.45) is 16.5 Å². The van der Waals surface area contributed by atoms with Crippen LogP contribution < -0.4 is 16.8 Å². The molecule has 0 spiro atoms. The molecular weight excluding hydrogens is 238 g/mol. The lowest BCUT2D eigenvalue weighted by atomic mass is 10.0. The van der Waals surface area contributed by atoms with Gasteiger partial charge in [0.1, 0.15) is 0 Å². The van der Waals surface area contributed by atoms with Crippen molar-refractivity contribution in [3.63, 3.8) is 0 Å². The van der Waals surface area contributed by atoms with E-state index in [-0.39, 0.29) is 30.4 Å². The lowest BCUT2D eigenvalue weighted by Gasteiger charge is -2.13. The van der Waals surface area contributed by atoms with Crippen LogP contribution >= 0.6 is 12.4 Å². The molecule has 0 radical (unpaired) electrons. The first-order chi connectivity index (χ1) is 7.60. The molecule has 5 nitrogen and oxygen atoms in total. The highest BCUT2D eigenvalue weighted by Gasteiger charge is 2.06. The molecule has 0 rings (SSSR count). The minimum absolute atomic E-state index is 0. The molecule has 17 heavy (non-hydrogen) atoms. The van der Waals surface area contributed by atoms with E-state index in [1.807, 2.05) is 0 Å². The molecule has 0 aromatic heterocycles. The Hall–Kier alpha value is -0.970. The number of halogens is 1. The smallest absolute Gasteiger partial charge is 0.195 e. The topological polar surface area (TPSA) is 100 Å². The largest absolute Gasteiger partial charge is 0.370 e. The van der Waals surface area contributed by atoms with E-state index >= 15 is 0 Å². The van der Waals surface area contributed by atoms with E-state index in [1.165, 1.54) is 0 Å². The second kappa shape index (κ2) is 11.5. The molecule has 0 aliphatic carbocycles. The summed E-state index contributed by atoms with van der Waals surface area (Å²) >= 11 is 0. The van der Waals surface area contributed by atoms with Crippen LogP contribution in [0.15, 0.2) is 4.99 Å². The van der Waals surface area contributed by atoms with Gasteiger partial charge in [0.2, 0.25) is 0 Å². The number of hydrogen-bond acceptors (Lipinski definition) is 2. The van der Waals surface area contributed by atoms with Crippen molar-refractivity contribution in [1.29, 1.82) is 5.41 Å². The Labute approximate surface area is 110 Å². The summed E-state index contributed by atoms with van der Waals surface area (Å²) < 4.78 is 0. The molecule has 0 unspecified atom stereocenters. The van der Waals surface area contributed by atoms with Gasteiger partial charge in [0.25, 0.3) is 0 Å². The summed E-state index contributed by atoms with van der Waals surface area (Å²) in [5.41, 5.74) is 10.8. The van der Waals surface area contributed by atoms with Gasteiger partial charge in [-0.3, -0.25) is 10.7 Å². The van der Waals surface area contributed by atoms with E-state index in [0.29, 0.717) is 0 Å². The second-order valence-electron chi connectivity index (χ2n) is 3.99. The molecule has 0 bridgehead atoms. The second-order valence-corrected chi connectivity index (χ2v) is 3.99. The number of guanidine groups is 2. The first-order valence-electron chi connectivity index (χ1n) is 6.04. The van der Waals surface area contributed by atoms with Crippen LogP contribution in [0.25, 0.3) is 0 Å². The summed E-state index contributed by atoms with van der Waals surface area (Å²) in [6.45, 7) is 4.33. The summed E-state index contributed by atoms with van der Waals surface area (Å²) in [6.07, 6.45) is 6.75. The zero-order valence-electron chi connectivity index (χ0n) is 10.8. The van der Waals surface area contributed by atoms with Crippen molar-refractivity contribution >= 4 is 24.3 Å². The Morgan fingerprint density at radius 1 is 1.18 bits per heavy atom. The highest BCUT2D eigenvalue weighted by Crippen LogP contribution is 2.11. The Bertz CT molecular complexity index is 222. The Morgan fingerprint density at radius 3 is 2.00 bits per heavy atom. The summed E-state index contributed by atoms with van der Waals surface area (Å²) in [5.74, 6) is 0.0932. The minimum Gasteiger partial charge on any atom is -0.370 e. The summed E-state index contributed by atoms with van der Waals surface area (Å²) in [6, 6.07) is 0.256. The molecular formula is C11H26ClN5. The molecule has 0 fully saturated rings. The van der Waals surface area contributed by atoms with Gasteiger partial charge in [-0.05, 0) is 12.8 Å². The van der Waals surface area contributed by atoms with Crippen molar-refractivity contribution in [2.75, 3.05) is 0 Å². The van der Waals surface area contributed by atoms with E-state index in [0.717, 1.165) is 38.5 Å². The normalized spacial score (nSPS) is 11.1. The number of nitrogens with one attached hydrogen (secondary N) is 2. The predicted octanol–water partition coefficient (Wildman–Crippen LogP) is 1.95. The molecule has 0 aliphatic heterocycles. The fraction of sp³-hybridized carbons (Fsp3) is 0.818. The zero-order valence-corrected chi connectivity index (χ0v) is 11.6. The van der Waals surface area contributed by atoms with E-state index < -0.39 is 0 Å². The molecule has 0 amide bonds. The van der Waals surface area contributed by atoms with Gasteiger partial charge >= 0.3 is 0 Å². The van der Waals surface area contributed by atoms with Gasteiger partial charge in [-0.2, -0.15) is 0 Å². The highest BCUT2D eigenvalue weighted by atomic mass is 35.5. The van der Waals surface area contributed by atoms with Crippen LogP contribution in [-0.4, -0.2) is 18.0 Å². The molecule has 0 saturated heterocycles. The fourth-order valence-electron chi connectivity index (χ4n) is 1.52. The summed E-state index contributed by atoms with van der Waals surface area (Å²) in [5, 5.41) is 9.57. The third-order valence-corrected chi connectivity index (χ3v) is 2.37. The molecule has 0 aromatic carbocycles. The summed E-state index contributed by atoms with van der Waals surface area (Å²) in [7, 11) is 0. The average molecular weight is 264 g/mol. The third kappa shape index (κ3) is 11.3. The quantitative estimate of drug-likeness (QED) is 0.417. The Morgan fingerprint density at radius 2 is 1.65 bits per heavy atom. The molecule has 0 aliphatic rings. The Kier molecular flexibility index (Phi) is 12.5. The van der Waals surface area contributed by atoms with Gasteiger partial charge in [0.05, 0.1) is 6.04 Å². The van der Waals surface area contributed by atoms with Gasteiger partial charge in [0.15, 0.2) is 11.9 Å². The predicted molar refractivity (Wildman–Crippen MR) is 76.8 cm³/mol. The molecule has 0 saturated carbocycles. The molecule has 0 atom stereocenters. The monoisotopic (exact) mass is 263 g/mol. The van der Waals surface area contributed by atoms with Crippen molar-refractivity contribution in [3.05, 3.63) is 0 Å². The maximum absolute atomic E-state index is 7.05. The van der Waals surface area contributed by atoms with Crippen LogP contribution in [0.5, 0.6) is 0 Å². The highest BCUT2D eigenvalue weighted by molar-refractivity contribution is 5.95. The number of rotatable bonds is 7. The Balaban J connectivity index is 0. The van der Waals surface area contributed by atoms with Crippen LogP contribution in [0.1, 0.15) is 52.4 Å². The van der Waals surface area contributed by atoms with Gasteiger partial charge in [0, 0.05) is 0 Å². The molecule has 6 N–H and O–H groups in total. The summed E-state index contributed by atoms with van der Waals surface area (Å²) in [4.78, 5) is 4.35. The van der Waals surface area contributed by atoms with Crippen molar-refractivity contribution in [2.45, 2.75) is 58.4 Å². The van der Waals surface area contributed by atoms with E-state index in [4.69, 9.17) is 16.9 Å². The molecule has 102 valence electrons. The average Bonchev–Trinajstić information content (AvgIpc) is 2.20. The van der Waals surface area contributed by atoms with E-state index in [9.17, 15) is 0 Å². The molecule has 0 heterocycles. The van der Waals surface area contributed by atoms with Crippen molar-refractivity contribution in [1.82, 2.24) is 5.32 Å². The van der Waals surface area contributed by atoms with Crippen LogP contribution in [0.3, 0.4) is 0 Å². The van der Waals surface area contributed by atoms with Crippen LogP contribution in [0, 0.1) is 5.41 Å². The first-order valence-corrected chi connectivity index (χ1v) is 6.04. The number of unbranched alkanes of at least 4 members (excludes halogenated alkanes) is 2. The van der Waals surface area contributed by atoms with E-state index in [2.05, 4.69) is 24.2 Å². The van der Waals surface area contributed by atoms with Crippen molar-refractivity contribution in [3.8, 4) is 0 Å². The van der Waals surface area contributed by atoms with Crippen LogP contribution in [0.4, 0.5) is 0 Å². The van der Waals surface area contributed by atoms with Gasteiger partial charge < -0.3 is 11.5 Å². The van der Waals surface area contributed by atoms with E-state index in [1.54, 1.807) is 0 Å². The number of nitrogens with zero attached hydrogens (tertiary/aromatic N) is 1. The standard InChI is InChI=1S/C11H25N5.ClH/c1-3-5-7-9(8-6-4-2)15-11(14)16-10(12)13;/h9H,3-8H2,1-2H3,(H6,12,13,14,15,16);1H. The van der Waals surface area contributed by atoms with Crippen LogP contribution in [-0.2, 0) is 0 Å². The number of hydrogen-bond donors (Lipinski definition) is 4. The lowest BCUT2D eigenvalue weighted by molar-refractivity contribution is 0.520. The maximum atomic E-state index is 7.05. The molecule has 0 aromatic rings. The maximum Gasteiger partial charge on any atom is 0.195 e. The third-order valence-electron chi connectivity index (χ3n) is 2.37. The van der Waals surface area contributed by atoms with Crippen LogP contribution in [0.2, 0.25) is 0 Å². The van der Waals surface area contributed by atoms with Crippen molar-refractivity contribution < 1.29 is 0 Å². The molecule has 6 heteroatoms. The van der Waals surface area contributed by atoms with Gasteiger partial charge in [-0.1, -0.05) is 39.5 Å². The fourth-order valence-corrected chi connectivity index (χ4v) is 1.52. The number of nitrogens with two attached hydrogens (primary N) is 2. The minimum atomic E-state index is -0.161. The van der Waals surface area contributed by atoms with Gasteiger partial charge in [-0.15, -0.1) is 12.4 Å². The number of aliphatic imine (C=N–C) groups is 1. The zero-order chi connectivity index (χ0) is 12.4. The lowest BCUT2D eigenvalue weighted by Crippen LogP contribution is -2.41. The SMILES string of the molecule is CCCCC(CCCC)N=C(N)NC(=N)N.Cl.